The highest BCUT2D eigenvalue weighted by Gasteiger charge is 2.14. The first-order valence-corrected chi connectivity index (χ1v) is 9.10. The molecule has 0 amide bonds. The lowest BCUT2D eigenvalue weighted by atomic mass is 10.0. The van der Waals surface area contributed by atoms with Gasteiger partial charge in [0.05, 0.1) is 25.2 Å². The molecular formula is C22H25NO4. The molecule has 0 saturated carbocycles. The topological polar surface area (TPSA) is 51.9 Å². The Morgan fingerprint density at radius 2 is 1.59 bits per heavy atom. The molecule has 0 radical (unpaired) electrons. The summed E-state index contributed by atoms with van der Waals surface area (Å²) in [5.74, 6) is 1.03. The molecule has 0 saturated heterocycles. The summed E-state index contributed by atoms with van der Waals surface area (Å²) in [6.07, 6.45) is 1.51. The second kappa shape index (κ2) is 8.27. The first-order valence-electron chi connectivity index (χ1n) is 9.10. The highest BCUT2D eigenvalue weighted by Crippen LogP contribution is 2.32. The number of benzene rings is 2. The number of fused-ring (bicyclic) bond motifs is 1. The standard InChI is InChI=1S/C22H25NO4/c1-5-23(6-2)13-15-7-9-16(10-8-15)18-14-27-19-12-21(26-4)20(25-3)11-17(19)22(18)24/h7-12,14H,5-6,13H2,1-4H3. The molecule has 0 bridgehead atoms. The van der Waals surface area contributed by atoms with Gasteiger partial charge in [0.25, 0.3) is 0 Å². The second-order valence-corrected chi connectivity index (χ2v) is 6.34. The molecule has 27 heavy (non-hydrogen) atoms. The van der Waals surface area contributed by atoms with Crippen molar-refractivity contribution in [2.24, 2.45) is 0 Å². The van der Waals surface area contributed by atoms with Crippen molar-refractivity contribution in [3.05, 3.63) is 58.4 Å². The lowest BCUT2D eigenvalue weighted by Crippen LogP contribution is -2.21. The first kappa shape index (κ1) is 19.0. The van der Waals surface area contributed by atoms with E-state index in [9.17, 15) is 4.79 Å². The number of ether oxygens (including phenoxy) is 2. The van der Waals surface area contributed by atoms with Gasteiger partial charge in [-0.2, -0.15) is 0 Å². The van der Waals surface area contributed by atoms with Crippen molar-refractivity contribution in [3.63, 3.8) is 0 Å². The summed E-state index contributed by atoms with van der Waals surface area (Å²) < 4.78 is 16.3. The second-order valence-electron chi connectivity index (χ2n) is 6.34. The summed E-state index contributed by atoms with van der Waals surface area (Å²) in [7, 11) is 3.10. The maximum atomic E-state index is 13.0. The SMILES string of the molecule is CCN(CC)Cc1ccc(-c2coc3cc(OC)c(OC)cc3c2=O)cc1. The predicted octanol–water partition coefficient (Wildman–Crippen LogP) is 4.32. The van der Waals surface area contributed by atoms with Crippen molar-refractivity contribution in [2.45, 2.75) is 20.4 Å². The fourth-order valence-corrected chi connectivity index (χ4v) is 3.15. The summed E-state index contributed by atoms with van der Waals surface area (Å²) in [5, 5.41) is 0.470. The Morgan fingerprint density at radius 1 is 0.963 bits per heavy atom. The number of methoxy groups -OCH3 is 2. The van der Waals surface area contributed by atoms with Gasteiger partial charge in [0.2, 0.25) is 5.43 Å². The summed E-state index contributed by atoms with van der Waals surface area (Å²) in [4.78, 5) is 15.3. The molecule has 0 fully saturated rings. The molecule has 5 nitrogen and oxygen atoms in total. The molecule has 3 aromatic rings. The van der Waals surface area contributed by atoms with Crippen LogP contribution in [-0.2, 0) is 6.54 Å². The molecule has 1 aromatic heterocycles. The third-order valence-electron chi connectivity index (χ3n) is 4.84. The normalized spacial score (nSPS) is 11.1. The van der Waals surface area contributed by atoms with E-state index in [4.69, 9.17) is 13.9 Å². The van der Waals surface area contributed by atoms with Gasteiger partial charge in [-0.1, -0.05) is 38.1 Å². The lowest BCUT2D eigenvalue weighted by molar-refractivity contribution is 0.296. The Balaban J connectivity index is 1.99. The van der Waals surface area contributed by atoms with E-state index in [1.165, 1.54) is 11.8 Å². The van der Waals surface area contributed by atoms with Crippen LogP contribution >= 0.6 is 0 Å². The van der Waals surface area contributed by atoms with E-state index in [-0.39, 0.29) is 5.43 Å². The molecule has 0 aliphatic carbocycles. The number of hydrogen-bond acceptors (Lipinski definition) is 5. The Hall–Kier alpha value is -2.79. The van der Waals surface area contributed by atoms with Gasteiger partial charge in [-0.3, -0.25) is 9.69 Å². The van der Waals surface area contributed by atoms with Crippen molar-refractivity contribution in [2.75, 3.05) is 27.3 Å². The summed E-state index contributed by atoms with van der Waals surface area (Å²) in [6, 6.07) is 11.4. The zero-order chi connectivity index (χ0) is 19.4. The van der Waals surface area contributed by atoms with Crippen LogP contribution in [0.5, 0.6) is 11.5 Å². The van der Waals surface area contributed by atoms with E-state index in [1.807, 2.05) is 12.1 Å². The van der Waals surface area contributed by atoms with E-state index in [2.05, 4.69) is 30.9 Å². The van der Waals surface area contributed by atoms with Crippen molar-refractivity contribution >= 4 is 11.0 Å². The van der Waals surface area contributed by atoms with Gasteiger partial charge in [-0.15, -0.1) is 0 Å². The number of nitrogens with zero attached hydrogens (tertiary/aromatic N) is 1. The monoisotopic (exact) mass is 367 g/mol. The maximum Gasteiger partial charge on any atom is 0.200 e. The fraction of sp³-hybridized carbons (Fsp3) is 0.318. The molecule has 142 valence electrons. The molecular weight excluding hydrogens is 342 g/mol. The zero-order valence-electron chi connectivity index (χ0n) is 16.2. The molecule has 0 N–H and O–H groups in total. The van der Waals surface area contributed by atoms with Gasteiger partial charge in [0.1, 0.15) is 11.8 Å². The van der Waals surface area contributed by atoms with Gasteiger partial charge < -0.3 is 13.9 Å². The Kier molecular flexibility index (Phi) is 5.81. The third kappa shape index (κ3) is 3.83. The fourth-order valence-electron chi connectivity index (χ4n) is 3.15. The molecule has 0 unspecified atom stereocenters. The quantitative estimate of drug-likeness (QED) is 0.622. The molecule has 5 heteroatoms. The van der Waals surface area contributed by atoms with Gasteiger partial charge in [0, 0.05) is 12.6 Å². The van der Waals surface area contributed by atoms with Crippen molar-refractivity contribution in [3.8, 4) is 22.6 Å². The average Bonchev–Trinajstić information content (AvgIpc) is 2.72. The van der Waals surface area contributed by atoms with E-state index in [0.29, 0.717) is 28.0 Å². The van der Waals surface area contributed by atoms with E-state index < -0.39 is 0 Å². The highest BCUT2D eigenvalue weighted by atomic mass is 16.5. The highest BCUT2D eigenvalue weighted by molar-refractivity contribution is 5.84. The Morgan fingerprint density at radius 3 is 2.19 bits per heavy atom. The van der Waals surface area contributed by atoms with Crippen LogP contribution in [0, 0.1) is 0 Å². The van der Waals surface area contributed by atoms with Crippen LogP contribution in [-0.4, -0.2) is 32.2 Å². The van der Waals surface area contributed by atoms with Crippen LogP contribution in [0.25, 0.3) is 22.1 Å². The molecule has 3 rings (SSSR count). The van der Waals surface area contributed by atoms with Crippen LogP contribution in [0.15, 0.2) is 51.9 Å². The molecule has 0 atom stereocenters. The van der Waals surface area contributed by atoms with Crippen molar-refractivity contribution < 1.29 is 13.9 Å². The lowest BCUT2D eigenvalue weighted by Gasteiger charge is -2.18. The smallest absolute Gasteiger partial charge is 0.200 e. The van der Waals surface area contributed by atoms with E-state index in [1.54, 1.807) is 26.4 Å². The van der Waals surface area contributed by atoms with Crippen molar-refractivity contribution in [1.29, 1.82) is 0 Å². The minimum atomic E-state index is -0.0892. The molecule has 0 spiro atoms. The molecule has 1 heterocycles. The minimum Gasteiger partial charge on any atom is -0.493 e. The van der Waals surface area contributed by atoms with Gasteiger partial charge >= 0.3 is 0 Å². The largest absolute Gasteiger partial charge is 0.493 e. The summed E-state index contributed by atoms with van der Waals surface area (Å²) in [6.45, 7) is 7.23. The average molecular weight is 367 g/mol. The van der Waals surface area contributed by atoms with Crippen LogP contribution in [0.1, 0.15) is 19.4 Å². The predicted molar refractivity (Wildman–Crippen MR) is 108 cm³/mol. The minimum absolute atomic E-state index is 0.0892. The van der Waals surface area contributed by atoms with Crippen LogP contribution < -0.4 is 14.9 Å². The number of hydrogen-bond donors (Lipinski definition) is 0. The van der Waals surface area contributed by atoms with E-state index >= 15 is 0 Å². The van der Waals surface area contributed by atoms with E-state index in [0.717, 1.165) is 25.2 Å². The summed E-state index contributed by atoms with van der Waals surface area (Å²) >= 11 is 0. The van der Waals surface area contributed by atoms with Crippen LogP contribution in [0.3, 0.4) is 0 Å². The van der Waals surface area contributed by atoms with Crippen molar-refractivity contribution in [1.82, 2.24) is 4.90 Å². The maximum absolute atomic E-state index is 13.0. The molecule has 2 aromatic carbocycles. The van der Waals surface area contributed by atoms with Crippen LogP contribution in [0.4, 0.5) is 0 Å². The molecule has 0 aliphatic rings. The first-order chi connectivity index (χ1) is 13.1. The van der Waals surface area contributed by atoms with Gasteiger partial charge in [0.15, 0.2) is 11.5 Å². The van der Waals surface area contributed by atoms with Crippen LogP contribution in [0.2, 0.25) is 0 Å². The Labute approximate surface area is 159 Å². The Bertz CT molecular complexity index is 972. The zero-order valence-corrected chi connectivity index (χ0v) is 16.2. The summed E-state index contributed by atoms with van der Waals surface area (Å²) in [5.41, 5.74) is 2.97. The molecule has 0 aliphatic heterocycles. The third-order valence-corrected chi connectivity index (χ3v) is 4.84. The number of rotatable bonds is 7. The van der Waals surface area contributed by atoms with Gasteiger partial charge in [-0.05, 0) is 30.3 Å². The van der Waals surface area contributed by atoms with Gasteiger partial charge in [-0.25, -0.2) is 0 Å².